The van der Waals surface area contributed by atoms with E-state index in [0.717, 1.165) is 0 Å². The lowest BCUT2D eigenvalue weighted by atomic mass is 10.1. The summed E-state index contributed by atoms with van der Waals surface area (Å²) in [5.41, 5.74) is 5.87. The first kappa shape index (κ1) is 15.4. The lowest BCUT2D eigenvalue weighted by Gasteiger charge is -2.12. The molecule has 0 unspecified atom stereocenters. The van der Waals surface area contributed by atoms with Gasteiger partial charge in [0.2, 0.25) is 0 Å². The van der Waals surface area contributed by atoms with Crippen molar-refractivity contribution in [3.8, 4) is 6.07 Å². The molecule has 0 atom stereocenters. The molecule has 2 rings (SSSR count). The first-order chi connectivity index (χ1) is 10.6. The predicted molar refractivity (Wildman–Crippen MR) is 84.4 cm³/mol. The number of amides is 1. The lowest BCUT2D eigenvalue weighted by molar-refractivity contribution is 0.0944. The van der Waals surface area contributed by atoms with Crippen LogP contribution in [0.3, 0.4) is 0 Å². The number of nitriles is 1. The van der Waals surface area contributed by atoms with E-state index in [0.29, 0.717) is 11.1 Å². The topological polar surface area (TPSA) is 77.0 Å². The number of hydrazine groups is 1. The average molecular weight is 314 g/mol. The van der Waals surface area contributed by atoms with E-state index in [2.05, 4.69) is 16.2 Å². The van der Waals surface area contributed by atoms with Gasteiger partial charge in [0, 0.05) is 5.56 Å². The van der Waals surface area contributed by atoms with Crippen LogP contribution in [0, 0.1) is 17.1 Å². The van der Waals surface area contributed by atoms with E-state index >= 15 is 0 Å². The molecule has 1 amide bonds. The van der Waals surface area contributed by atoms with E-state index in [-0.39, 0.29) is 10.8 Å². The standard InChI is InChI=1S/C15H11FN4OS/c16-12-3-1-2-4-13(12)18-15(22)20-19-14(21)11-7-5-10(9-17)6-8-11/h1-8H,(H,19,21)(H2,18,20,22). The largest absolute Gasteiger partial charge is 0.329 e. The minimum Gasteiger partial charge on any atom is -0.329 e. The molecule has 0 aliphatic carbocycles. The third-order valence-corrected chi connectivity index (χ3v) is 2.89. The van der Waals surface area contributed by atoms with E-state index < -0.39 is 11.7 Å². The van der Waals surface area contributed by atoms with Crippen LogP contribution in [0.25, 0.3) is 0 Å². The highest BCUT2D eigenvalue weighted by molar-refractivity contribution is 7.80. The van der Waals surface area contributed by atoms with Gasteiger partial charge in [-0.3, -0.25) is 15.6 Å². The normalized spacial score (nSPS) is 9.45. The third-order valence-electron chi connectivity index (χ3n) is 2.69. The Bertz CT molecular complexity index is 740. The van der Waals surface area contributed by atoms with Crippen LogP contribution in [-0.4, -0.2) is 11.0 Å². The van der Waals surface area contributed by atoms with Crippen LogP contribution >= 0.6 is 12.2 Å². The fraction of sp³-hybridized carbons (Fsp3) is 0. The second kappa shape index (κ2) is 7.15. The summed E-state index contributed by atoms with van der Waals surface area (Å²) in [7, 11) is 0. The maximum absolute atomic E-state index is 13.4. The molecule has 0 aliphatic rings. The molecule has 0 saturated heterocycles. The summed E-state index contributed by atoms with van der Waals surface area (Å²) in [6, 6.07) is 14.1. The number of carbonyl (C=O) groups is 1. The van der Waals surface area contributed by atoms with Gasteiger partial charge in [0.15, 0.2) is 5.11 Å². The van der Waals surface area contributed by atoms with Crippen LogP contribution in [0.4, 0.5) is 10.1 Å². The zero-order valence-corrected chi connectivity index (χ0v) is 12.1. The summed E-state index contributed by atoms with van der Waals surface area (Å²) >= 11 is 4.96. The van der Waals surface area contributed by atoms with Gasteiger partial charge in [0.1, 0.15) is 5.82 Å². The van der Waals surface area contributed by atoms with E-state index in [1.165, 1.54) is 36.4 Å². The molecule has 0 aromatic heterocycles. The Morgan fingerprint density at radius 2 is 1.77 bits per heavy atom. The number of anilines is 1. The lowest BCUT2D eigenvalue weighted by Crippen LogP contribution is -2.43. The van der Waals surface area contributed by atoms with Crippen LogP contribution in [0.5, 0.6) is 0 Å². The zero-order valence-electron chi connectivity index (χ0n) is 11.3. The van der Waals surface area contributed by atoms with Crippen LogP contribution < -0.4 is 16.2 Å². The number of nitrogens with zero attached hydrogens (tertiary/aromatic N) is 1. The van der Waals surface area contributed by atoms with Crippen molar-refractivity contribution in [1.82, 2.24) is 10.9 Å². The fourth-order valence-corrected chi connectivity index (χ4v) is 1.76. The summed E-state index contributed by atoms with van der Waals surface area (Å²) in [6.45, 7) is 0. The molecule has 0 radical (unpaired) electrons. The second-order valence-electron chi connectivity index (χ2n) is 4.20. The highest BCUT2D eigenvalue weighted by atomic mass is 32.1. The van der Waals surface area contributed by atoms with Crippen molar-refractivity contribution in [2.75, 3.05) is 5.32 Å². The Labute approximate surface area is 131 Å². The Balaban J connectivity index is 1.89. The van der Waals surface area contributed by atoms with Crippen molar-refractivity contribution >= 4 is 28.9 Å². The average Bonchev–Trinajstić information content (AvgIpc) is 2.55. The number of rotatable bonds is 2. The van der Waals surface area contributed by atoms with Crippen LogP contribution in [0.15, 0.2) is 48.5 Å². The molecule has 0 saturated carbocycles. The van der Waals surface area contributed by atoms with Gasteiger partial charge in [-0.15, -0.1) is 0 Å². The van der Waals surface area contributed by atoms with Crippen LogP contribution in [-0.2, 0) is 0 Å². The monoisotopic (exact) mass is 314 g/mol. The summed E-state index contributed by atoms with van der Waals surface area (Å²) in [5.74, 6) is -0.882. The molecular weight excluding hydrogens is 303 g/mol. The molecule has 110 valence electrons. The Morgan fingerprint density at radius 1 is 1.09 bits per heavy atom. The molecule has 0 fully saturated rings. The van der Waals surface area contributed by atoms with Gasteiger partial charge in [-0.1, -0.05) is 12.1 Å². The van der Waals surface area contributed by atoms with Gasteiger partial charge in [-0.05, 0) is 48.6 Å². The number of hydrogen-bond donors (Lipinski definition) is 3. The number of hydrogen-bond acceptors (Lipinski definition) is 3. The van der Waals surface area contributed by atoms with E-state index in [1.807, 2.05) is 6.07 Å². The van der Waals surface area contributed by atoms with Crippen molar-refractivity contribution in [3.05, 3.63) is 65.5 Å². The molecule has 5 nitrogen and oxygen atoms in total. The van der Waals surface area contributed by atoms with Crippen molar-refractivity contribution < 1.29 is 9.18 Å². The quantitative estimate of drug-likeness (QED) is 0.586. The zero-order chi connectivity index (χ0) is 15.9. The minimum atomic E-state index is -0.454. The molecule has 2 aromatic carbocycles. The SMILES string of the molecule is N#Cc1ccc(C(=O)NNC(=S)Nc2ccccc2F)cc1. The molecule has 7 heteroatoms. The van der Waals surface area contributed by atoms with Gasteiger partial charge >= 0.3 is 0 Å². The van der Waals surface area contributed by atoms with Crippen LogP contribution in [0.2, 0.25) is 0 Å². The van der Waals surface area contributed by atoms with Gasteiger partial charge in [0.25, 0.3) is 5.91 Å². The first-order valence-corrected chi connectivity index (χ1v) is 6.63. The Hall–Kier alpha value is -2.98. The van der Waals surface area contributed by atoms with Crippen molar-refractivity contribution in [3.63, 3.8) is 0 Å². The summed E-state index contributed by atoms with van der Waals surface area (Å²) in [4.78, 5) is 11.9. The van der Waals surface area contributed by atoms with Gasteiger partial charge in [-0.2, -0.15) is 5.26 Å². The maximum Gasteiger partial charge on any atom is 0.269 e. The molecular formula is C15H11FN4OS. The number of benzene rings is 2. The molecule has 22 heavy (non-hydrogen) atoms. The van der Waals surface area contributed by atoms with Gasteiger partial charge in [0.05, 0.1) is 17.3 Å². The van der Waals surface area contributed by atoms with E-state index in [4.69, 9.17) is 17.5 Å². The van der Waals surface area contributed by atoms with Crippen molar-refractivity contribution in [2.45, 2.75) is 0 Å². The number of carbonyl (C=O) groups excluding carboxylic acids is 1. The highest BCUT2D eigenvalue weighted by Crippen LogP contribution is 2.11. The summed E-state index contributed by atoms with van der Waals surface area (Å²) in [5, 5.41) is 11.4. The molecule has 0 spiro atoms. The van der Waals surface area contributed by atoms with Gasteiger partial charge in [-0.25, -0.2) is 4.39 Å². The number of nitrogens with one attached hydrogen (secondary N) is 3. The smallest absolute Gasteiger partial charge is 0.269 e. The molecule has 0 bridgehead atoms. The predicted octanol–water partition coefficient (Wildman–Crippen LogP) is 2.33. The number of thiocarbonyl (C=S) groups is 1. The fourth-order valence-electron chi connectivity index (χ4n) is 1.60. The van der Waals surface area contributed by atoms with Crippen molar-refractivity contribution in [1.29, 1.82) is 5.26 Å². The minimum absolute atomic E-state index is 0.0482. The maximum atomic E-state index is 13.4. The van der Waals surface area contributed by atoms with Gasteiger partial charge < -0.3 is 5.32 Å². The second-order valence-corrected chi connectivity index (χ2v) is 4.61. The Morgan fingerprint density at radius 3 is 2.41 bits per heavy atom. The third kappa shape index (κ3) is 4.01. The molecule has 2 aromatic rings. The van der Waals surface area contributed by atoms with Crippen LogP contribution in [0.1, 0.15) is 15.9 Å². The summed E-state index contributed by atoms with van der Waals surface area (Å²) in [6.07, 6.45) is 0. The molecule has 0 aliphatic heterocycles. The number of para-hydroxylation sites is 1. The first-order valence-electron chi connectivity index (χ1n) is 6.22. The summed E-state index contributed by atoms with van der Waals surface area (Å²) < 4.78 is 13.4. The highest BCUT2D eigenvalue weighted by Gasteiger charge is 2.07. The molecule has 3 N–H and O–H groups in total. The number of halogens is 1. The van der Waals surface area contributed by atoms with E-state index in [9.17, 15) is 9.18 Å². The Kier molecular flexibility index (Phi) is 5.01. The molecule has 0 heterocycles. The van der Waals surface area contributed by atoms with Crippen molar-refractivity contribution in [2.24, 2.45) is 0 Å². The van der Waals surface area contributed by atoms with E-state index in [1.54, 1.807) is 12.1 Å².